The predicted octanol–water partition coefficient (Wildman–Crippen LogP) is 5.13. The molecule has 0 aliphatic carbocycles. The van der Waals surface area contributed by atoms with Crippen molar-refractivity contribution < 1.29 is 4.79 Å². The molecule has 0 spiro atoms. The van der Waals surface area contributed by atoms with E-state index in [9.17, 15) is 4.79 Å². The van der Waals surface area contributed by atoms with Crippen molar-refractivity contribution in [2.24, 2.45) is 0 Å². The SMILES string of the molecule is CSc1ccccc1NC(=O)N1CCCC(Nc2ccc(C)c(C)c2)C1. The number of nitrogens with one attached hydrogen (secondary N) is 2. The van der Waals surface area contributed by atoms with Crippen molar-refractivity contribution in [1.82, 2.24) is 4.90 Å². The average Bonchev–Trinajstić information content (AvgIpc) is 2.65. The van der Waals surface area contributed by atoms with Crippen molar-refractivity contribution >= 4 is 29.2 Å². The third-order valence-corrected chi connectivity index (χ3v) is 5.73. The Morgan fingerprint density at radius 1 is 1.15 bits per heavy atom. The van der Waals surface area contributed by atoms with Gasteiger partial charge in [-0.3, -0.25) is 0 Å². The van der Waals surface area contributed by atoms with Crippen molar-refractivity contribution in [3.05, 3.63) is 53.6 Å². The Bertz CT molecular complexity index is 778. The molecule has 1 saturated heterocycles. The van der Waals surface area contributed by atoms with E-state index in [2.05, 4.69) is 42.7 Å². The van der Waals surface area contributed by atoms with Gasteiger partial charge in [0.15, 0.2) is 0 Å². The molecule has 0 bridgehead atoms. The zero-order chi connectivity index (χ0) is 18.5. The first-order chi connectivity index (χ1) is 12.6. The Morgan fingerprint density at radius 2 is 1.96 bits per heavy atom. The van der Waals surface area contributed by atoms with E-state index in [1.54, 1.807) is 11.8 Å². The van der Waals surface area contributed by atoms with Crippen LogP contribution < -0.4 is 10.6 Å². The van der Waals surface area contributed by atoms with Crippen molar-refractivity contribution in [1.29, 1.82) is 0 Å². The summed E-state index contributed by atoms with van der Waals surface area (Å²) in [6.45, 7) is 5.78. The van der Waals surface area contributed by atoms with Gasteiger partial charge in [-0.25, -0.2) is 4.79 Å². The van der Waals surface area contributed by atoms with E-state index in [0.717, 1.165) is 42.2 Å². The number of benzene rings is 2. The second-order valence-corrected chi connectivity index (χ2v) is 7.71. The normalized spacial score (nSPS) is 17.0. The van der Waals surface area contributed by atoms with E-state index in [1.165, 1.54) is 11.1 Å². The van der Waals surface area contributed by atoms with E-state index in [0.29, 0.717) is 0 Å². The molecule has 26 heavy (non-hydrogen) atoms. The first-order valence-electron chi connectivity index (χ1n) is 9.09. The molecule has 3 rings (SSSR count). The maximum Gasteiger partial charge on any atom is 0.321 e. The number of para-hydroxylation sites is 1. The lowest BCUT2D eigenvalue weighted by molar-refractivity contribution is 0.196. The quantitative estimate of drug-likeness (QED) is 0.734. The number of urea groups is 1. The number of carbonyl (C=O) groups excluding carboxylic acids is 1. The van der Waals surface area contributed by atoms with Crippen LogP contribution >= 0.6 is 11.8 Å². The van der Waals surface area contributed by atoms with Crippen LogP contribution in [0.3, 0.4) is 0 Å². The maximum atomic E-state index is 12.7. The molecule has 1 atom stereocenters. The molecule has 0 radical (unpaired) electrons. The van der Waals surface area contributed by atoms with Gasteiger partial charge in [0, 0.05) is 29.7 Å². The smallest absolute Gasteiger partial charge is 0.321 e. The van der Waals surface area contributed by atoms with Gasteiger partial charge < -0.3 is 15.5 Å². The fourth-order valence-corrected chi connectivity index (χ4v) is 3.84. The van der Waals surface area contributed by atoms with Crippen LogP contribution in [0, 0.1) is 13.8 Å². The molecule has 1 heterocycles. The fourth-order valence-electron chi connectivity index (χ4n) is 3.29. The first kappa shape index (κ1) is 18.6. The lowest BCUT2D eigenvalue weighted by Crippen LogP contribution is -2.46. The number of anilines is 2. The number of likely N-dealkylation sites (tertiary alicyclic amines) is 1. The van der Waals surface area contributed by atoms with Gasteiger partial charge in [-0.2, -0.15) is 0 Å². The maximum absolute atomic E-state index is 12.7. The van der Waals surface area contributed by atoms with Gasteiger partial charge in [-0.1, -0.05) is 18.2 Å². The van der Waals surface area contributed by atoms with Gasteiger partial charge in [0.1, 0.15) is 0 Å². The molecule has 1 unspecified atom stereocenters. The lowest BCUT2D eigenvalue weighted by atomic mass is 10.0. The second kappa shape index (κ2) is 8.49. The van der Waals surface area contributed by atoms with Gasteiger partial charge in [0.2, 0.25) is 0 Å². The van der Waals surface area contributed by atoms with Crippen LogP contribution in [0.15, 0.2) is 47.4 Å². The number of rotatable bonds is 4. The van der Waals surface area contributed by atoms with E-state index < -0.39 is 0 Å². The van der Waals surface area contributed by atoms with E-state index in [-0.39, 0.29) is 12.1 Å². The van der Waals surface area contributed by atoms with Crippen LogP contribution in [-0.4, -0.2) is 36.3 Å². The highest BCUT2D eigenvalue weighted by Gasteiger charge is 2.24. The van der Waals surface area contributed by atoms with E-state index >= 15 is 0 Å². The molecule has 138 valence electrons. The number of amides is 2. The lowest BCUT2D eigenvalue weighted by Gasteiger charge is -2.34. The Morgan fingerprint density at radius 3 is 2.73 bits per heavy atom. The van der Waals surface area contributed by atoms with Gasteiger partial charge >= 0.3 is 6.03 Å². The fraction of sp³-hybridized carbons (Fsp3) is 0.381. The summed E-state index contributed by atoms with van der Waals surface area (Å²) >= 11 is 1.64. The molecule has 2 N–H and O–H groups in total. The van der Waals surface area contributed by atoms with Crippen LogP contribution in [0.2, 0.25) is 0 Å². The van der Waals surface area contributed by atoms with Crippen molar-refractivity contribution in [2.75, 3.05) is 30.0 Å². The third-order valence-electron chi connectivity index (χ3n) is 4.93. The number of aryl methyl sites for hydroxylation is 2. The third kappa shape index (κ3) is 4.52. The number of thioether (sulfide) groups is 1. The summed E-state index contributed by atoms with van der Waals surface area (Å²) < 4.78 is 0. The van der Waals surface area contributed by atoms with Crippen LogP contribution in [-0.2, 0) is 0 Å². The highest BCUT2D eigenvalue weighted by molar-refractivity contribution is 7.98. The van der Waals surface area contributed by atoms with Crippen molar-refractivity contribution in [3.8, 4) is 0 Å². The van der Waals surface area contributed by atoms with Crippen LogP contribution in [0.4, 0.5) is 16.2 Å². The number of hydrogen-bond donors (Lipinski definition) is 2. The van der Waals surface area contributed by atoms with Gasteiger partial charge in [0.25, 0.3) is 0 Å². The van der Waals surface area contributed by atoms with Gasteiger partial charge in [-0.05, 0) is 68.3 Å². The molecule has 5 heteroatoms. The molecule has 2 amide bonds. The molecule has 1 aliphatic heterocycles. The Balaban J connectivity index is 1.62. The molecule has 0 aromatic heterocycles. The highest BCUT2D eigenvalue weighted by atomic mass is 32.2. The topological polar surface area (TPSA) is 44.4 Å². The number of piperidine rings is 1. The summed E-state index contributed by atoms with van der Waals surface area (Å²) in [4.78, 5) is 15.7. The Labute approximate surface area is 160 Å². The molecule has 1 aliphatic rings. The molecule has 0 saturated carbocycles. The van der Waals surface area contributed by atoms with Gasteiger partial charge in [0.05, 0.1) is 5.69 Å². The summed E-state index contributed by atoms with van der Waals surface area (Å²) in [6.07, 6.45) is 4.12. The highest BCUT2D eigenvalue weighted by Crippen LogP contribution is 2.25. The number of nitrogens with zero attached hydrogens (tertiary/aromatic N) is 1. The van der Waals surface area contributed by atoms with E-state index in [4.69, 9.17) is 0 Å². The average molecular weight is 370 g/mol. The summed E-state index contributed by atoms with van der Waals surface area (Å²) in [5.41, 5.74) is 4.60. The minimum atomic E-state index is -0.0157. The Kier molecular flexibility index (Phi) is 6.09. The monoisotopic (exact) mass is 369 g/mol. The molecule has 1 fully saturated rings. The standard InChI is InChI=1S/C21H27N3OS/c1-15-10-11-17(13-16(15)2)22-18-7-6-12-24(14-18)21(25)23-19-8-4-5-9-20(19)26-3/h4-5,8-11,13,18,22H,6-7,12,14H2,1-3H3,(H,23,25). The molecule has 2 aromatic rings. The van der Waals surface area contributed by atoms with Gasteiger partial charge in [-0.15, -0.1) is 11.8 Å². The summed E-state index contributed by atoms with van der Waals surface area (Å²) in [5.74, 6) is 0. The minimum absolute atomic E-state index is 0.0157. The zero-order valence-electron chi connectivity index (χ0n) is 15.7. The summed E-state index contributed by atoms with van der Waals surface area (Å²) in [6, 6.07) is 14.6. The second-order valence-electron chi connectivity index (χ2n) is 6.86. The molecule has 4 nitrogen and oxygen atoms in total. The number of carbonyl (C=O) groups is 1. The minimum Gasteiger partial charge on any atom is -0.381 e. The zero-order valence-corrected chi connectivity index (χ0v) is 16.5. The van der Waals surface area contributed by atoms with Crippen LogP contribution in [0.1, 0.15) is 24.0 Å². The summed E-state index contributed by atoms with van der Waals surface area (Å²) in [7, 11) is 0. The first-order valence-corrected chi connectivity index (χ1v) is 10.3. The number of hydrogen-bond acceptors (Lipinski definition) is 3. The van der Waals surface area contributed by atoms with Crippen molar-refractivity contribution in [3.63, 3.8) is 0 Å². The van der Waals surface area contributed by atoms with E-state index in [1.807, 2.05) is 35.4 Å². The molecular formula is C21H27N3OS. The van der Waals surface area contributed by atoms with Crippen LogP contribution in [0.25, 0.3) is 0 Å². The molecular weight excluding hydrogens is 342 g/mol. The largest absolute Gasteiger partial charge is 0.381 e. The predicted molar refractivity (Wildman–Crippen MR) is 111 cm³/mol. The summed E-state index contributed by atoms with van der Waals surface area (Å²) in [5, 5.41) is 6.66. The van der Waals surface area contributed by atoms with Crippen LogP contribution in [0.5, 0.6) is 0 Å². The Hall–Kier alpha value is -2.14. The van der Waals surface area contributed by atoms with Crippen molar-refractivity contribution in [2.45, 2.75) is 37.6 Å². The molecule has 2 aromatic carbocycles.